The molecule has 0 saturated carbocycles. The van der Waals surface area contributed by atoms with E-state index in [9.17, 15) is 9.18 Å². The molecule has 26 heavy (non-hydrogen) atoms. The minimum atomic E-state index is -0.312. The van der Waals surface area contributed by atoms with Crippen molar-refractivity contribution in [2.75, 3.05) is 0 Å². The monoisotopic (exact) mass is 349 g/mol. The molecule has 0 spiro atoms. The lowest BCUT2D eigenvalue weighted by Crippen LogP contribution is -2.20. The molecule has 1 N–H and O–H groups in total. The van der Waals surface area contributed by atoms with E-state index in [2.05, 4.69) is 15.5 Å². The third-order valence-corrected chi connectivity index (χ3v) is 4.23. The Morgan fingerprint density at radius 3 is 2.46 bits per heavy atom. The maximum Gasteiger partial charge on any atom is 0.272 e. The quantitative estimate of drug-likeness (QED) is 0.523. The predicted octanol–water partition coefficient (Wildman–Crippen LogP) is 4.95. The fraction of sp³-hybridized carbons (Fsp3) is 0.190. The van der Waals surface area contributed by atoms with Crippen LogP contribution in [0.1, 0.15) is 37.0 Å². The smallest absolute Gasteiger partial charge is 0.267 e. The highest BCUT2D eigenvalue weighted by Gasteiger charge is 2.14. The summed E-state index contributed by atoms with van der Waals surface area (Å²) >= 11 is 0. The fourth-order valence-electron chi connectivity index (χ4n) is 2.73. The van der Waals surface area contributed by atoms with E-state index in [1.165, 1.54) is 12.1 Å². The number of hydrogen-bond donors (Lipinski definition) is 1. The first-order valence-corrected chi connectivity index (χ1v) is 8.63. The van der Waals surface area contributed by atoms with Gasteiger partial charge in [0.15, 0.2) is 0 Å². The Hall–Kier alpha value is -3.08. The Morgan fingerprint density at radius 2 is 1.77 bits per heavy atom. The van der Waals surface area contributed by atoms with Crippen LogP contribution in [0.25, 0.3) is 22.2 Å². The van der Waals surface area contributed by atoms with Gasteiger partial charge < -0.3 is 0 Å². The van der Waals surface area contributed by atoms with Crippen molar-refractivity contribution < 1.29 is 9.18 Å². The van der Waals surface area contributed by atoms with Crippen molar-refractivity contribution in [2.24, 2.45) is 5.10 Å². The van der Waals surface area contributed by atoms with Gasteiger partial charge in [0.25, 0.3) is 5.91 Å². The standard InChI is InChI=1S/C21H20FN3O/c1-3-16(4-2)24-25-21(26)18-13-20(14-9-11-15(22)12-10-14)23-19-8-6-5-7-17(18)19/h5-13H,3-4H2,1-2H3,(H,25,26). The Kier molecular flexibility index (Phi) is 5.37. The van der Waals surface area contributed by atoms with E-state index in [4.69, 9.17) is 0 Å². The molecule has 1 amide bonds. The zero-order valence-corrected chi connectivity index (χ0v) is 14.8. The summed E-state index contributed by atoms with van der Waals surface area (Å²) in [6.07, 6.45) is 1.57. The number of amides is 1. The molecule has 1 heterocycles. The van der Waals surface area contributed by atoms with Crippen LogP contribution in [0, 0.1) is 5.82 Å². The summed E-state index contributed by atoms with van der Waals surface area (Å²) in [5.74, 6) is -0.597. The lowest BCUT2D eigenvalue weighted by atomic mass is 10.0. The van der Waals surface area contributed by atoms with Gasteiger partial charge >= 0.3 is 0 Å². The number of carbonyl (C=O) groups excluding carboxylic acids is 1. The van der Waals surface area contributed by atoms with Gasteiger partial charge in [0.2, 0.25) is 0 Å². The van der Waals surface area contributed by atoms with Crippen LogP contribution < -0.4 is 5.43 Å². The van der Waals surface area contributed by atoms with E-state index in [1.807, 2.05) is 38.1 Å². The van der Waals surface area contributed by atoms with Crippen molar-refractivity contribution in [2.45, 2.75) is 26.7 Å². The summed E-state index contributed by atoms with van der Waals surface area (Å²) in [5, 5.41) is 4.96. The van der Waals surface area contributed by atoms with E-state index in [-0.39, 0.29) is 11.7 Å². The van der Waals surface area contributed by atoms with E-state index >= 15 is 0 Å². The highest BCUT2D eigenvalue weighted by Crippen LogP contribution is 2.25. The molecule has 3 rings (SSSR count). The fourth-order valence-corrected chi connectivity index (χ4v) is 2.73. The van der Waals surface area contributed by atoms with Crippen LogP contribution in [-0.4, -0.2) is 16.6 Å². The second kappa shape index (κ2) is 7.87. The predicted molar refractivity (Wildman–Crippen MR) is 103 cm³/mol. The van der Waals surface area contributed by atoms with Crippen LogP contribution in [0.15, 0.2) is 59.7 Å². The number of pyridine rings is 1. The molecule has 0 unspecified atom stereocenters. The number of benzene rings is 2. The van der Waals surface area contributed by atoms with Gasteiger partial charge in [0, 0.05) is 16.7 Å². The van der Waals surface area contributed by atoms with Gasteiger partial charge in [-0.1, -0.05) is 32.0 Å². The maximum absolute atomic E-state index is 13.2. The van der Waals surface area contributed by atoms with Gasteiger partial charge in [-0.3, -0.25) is 4.79 Å². The van der Waals surface area contributed by atoms with Crippen molar-refractivity contribution in [3.63, 3.8) is 0 Å². The first kappa shape index (κ1) is 17.7. The number of rotatable bonds is 5. The van der Waals surface area contributed by atoms with Gasteiger partial charge in [0.05, 0.1) is 16.8 Å². The SMILES string of the molecule is CCC(CC)=NNC(=O)c1cc(-c2ccc(F)cc2)nc2ccccc12. The van der Waals surface area contributed by atoms with E-state index in [1.54, 1.807) is 18.2 Å². The molecule has 0 aliphatic rings. The van der Waals surface area contributed by atoms with Crippen molar-refractivity contribution in [1.82, 2.24) is 10.4 Å². The molecular formula is C21H20FN3O. The van der Waals surface area contributed by atoms with Crippen molar-refractivity contribution >= 4 is 22.5 Å². The highest BCUT2D eigenvalue weighted by atomic mass is 19.1. The molecule has 0 bridgehead atoms. The number of nitrogens with one attached hydrogen (secondary N) is 1. The zero-order chi connectivity index (χ0) is 18.5. The third-order valence-electron chi connectivity index (χ3n) is 4.23. The zero-order valence-electron chi connectivity index (χ0n) is 14.8. The second-order valence-electron chi connectivity index (χ2n) is 5.91. The largest absolute Gasteiger partial charge is 0.272 e. The summed E-state index contributed by atoms with van der Waals surface area (Å²) in [4.78, 5) is 17.3. The minimum Gasteiger partial charge on any atom is -0.267 e. The van der Waals surface area contributed by atoms with Crippen LogP contribution in [0.3, 0.4) is 0 Å². The highest BCUT2D eigenvalue weighted by molar-refractivity contribution is 6.07. The summed E-state index contributed by atoms with van der Waals surface area (Å²) in [6.45, 7) is 4.01. The molecule has 132 valence electrons. The second-order valence-corrected chi connectivity index (χ2v) is 5.91. The normalized spacial score (nSPS) is 10.6. The number of para-hydroxylation sites is 1. The van der Waals surface area contributed by atoms with Crippen LogP contribution in [0.5, 0.6) is 0 Å². The first-order chi connectivity index (χ1) is 12.6. The molecule has 0 radical (unpaired) electrons. The molecule has 0 fully saturated rings. The molecule has 0 saturated heterocycles. The summed E-state index contributed by atoms with van der Waals surface area (Å²) in [6, 6.07) is 15.2. The summed E-state index contributed by atoms with van der Waals surface area (Å²) in [5.41, 5.74) is 6.13. The Balaban J connectivity index is 2.07. The van der Waals surface area contributed by atoms with Gasteiger partial charge in [-0.15, -0.1) is 0 Å². The molecule has 5 heteroatoms. The van der Waals surface area contributed by atoms with Crippen LogP contribution >= 0.6 is 0 Å². The topological polar surface area (TPSA) is 54.4 Å². The lowest BCUT2D eigenvalue weighted by molar-refractivity contribution is 0.0956. The Morgan fingerprint density at radius 1 is 1.08 bits per heavy atom. The molecule has 0 atom stereocenters. The lowest BCUT2D eigenvalue weighted by Gasteiger charge is -2.09. The number of carbonyl (C=O) groups is 1. The number of hydrogen-bond acceptors (Lipinski definition) is 3. The van der Waals surface area contributed by atoms with Crippen molar-refractivity contribution in [1.29, 1.82) is 0 Å². The maximum atomic E-state index is 13.2. The molecule has 3 aromatic rings. The van der Waals surface area contributed by atoms with Crippen LogP contribution in [0.2, 0.25) is 0 Å². The molecule has 0 aliphatic carbocycles. The number of halogens is 1. The van der Waals surface area contributed by atoms with Crippen molar-refractivity contribution in [3.05, 3.63) is 66.0 Å². The number of aromatic nitrogens is 1. The van der Waals surface area contributed by atoms with Gasteiger partial charge in [-0.05, 0) is 49.2 Å². The van der Waals surface area contributed by atoms with Gasteiger partial charge in [-0.2, -0.15) is 5.10 Å². The number of nitrogens with zero attached hydrogens (tertiary/aromatic N) is 2. The Bertz CT molecular complexity index is 959. The minimum absolute atomic E-state index is 0.286. The van der Waals surface area contributed by atoms with Gasteiger partial charge in [0.1, 0.15) is 5.82 Å². The summed E-state index contributed by atoms with van der Waals surface area (Å²) < 4.78 is 13.2. The number of fused-ring (bicyclic) bond motifs is 1. The molecular weight excluding hydrogens is 329 g/mol. The third kappa shape index (κ3) is 3.77. The average molecular weight is 349 g/mol. The van der Waals surface area contributed by atoms with Crippen LogP contribution in [-0.2, 0) is 0 Å². The van der Waals surface area contributed by atoms with Gasteiger partial charge in [-0.25, -0.2) is 14.8 Å². The van der Waals surface area contributed by atoms with E-state index in [0.29, 0.717) is 16.8 Å². The number of hydrazone groups is 1. The Labute approximate surface area is 151 Å². The average Bonchev–Trinajstić information content (AvgIpc) is 2.68. The molecule has 2 aromatic carbocycles. The van der Waals surface area contributed by atoms with Crippen LogP contribution in [0.4, 0.5) is 4.39 Å². The molecule has 4 nitrogen and oxygen atoms in total. The van der Waals surface area contributed by atoms with E-state index < -0.39 is 0 Å². The van der Waals surface area contributed by atoms with E-state index in [0.717, 1.165) is 29.5 Å². The van der Waals surface area contributed by atoms with Crippen molar-refractivity contribution in [3.8, 4) is 11.3 Å². The molecule has 1 aromatic heterocycles. The first-order valence-electron chi connectivity index (χ1n) is 8.63. The summed E-state index contributed by atoms with van der Waals surface area (Å²) in [7, 11) is 0. The molecule has 0 aliphatic heterocycles.